The molecule has 0 atom stereocenters. The Bertz CT molecular complexity index is 894. The first kappa shape index (κ1) is 17.5. The van der Waals surface area contributed by atoms with Crippen LogP contribution in [-0.4, -0.2) is 39.1 Å². The number of hydrogen-bond acceptors (Lipinski definition) is 3. The summed E-state index contributed by atoms with van der Waals surface area (Å²) in [5.74, 6) is 0.501. The van der Waals surface area contributed by atoms with Crippen LogP contribution in [0.4, 0.5) is 0 Å². The summed E-state index contributed by atoms with van der Waals surface area (Å²) in [5.41, 5.74) is 4.99. The third kappa shape index (κ3) is 4.08. The van der Waals surface area contributed by atoms with Gasteiger partial charge in [0.25, 0.3) is 5.91 Å². The van der Waals surface area contributed by atoms with E-state index in [0.29, 0.717) is 11.6 Å². The van der Waals surface area contributed by atoms with Crippen molar-refractivity contribution in [3.05, 3.63) is 82.9 Å². The summed E-state index contributed by atoms with van der Waals surface area (Å²) >= 11 is 0. The van der Waals surface area contributed by atoms with Crippen molar-refractivity contribution in [3.63, 3.8) is 0 Å². The average Bonchev–Trinajstić information content (AvgIpc) is 3.17. The Morgan fingerprint density at radius 2 is 1.93 bits per heavy atom. The van der Waals surface area contributed by atoms with Gasteiger partial charge in [-0.05, 0) is 48.9 Å². The van der Waals surface area contributed by atoms with Crippen molar-refractivity contribution in [2.45, 2.75) is 32.1 Å². The molecule has 27 heavy (non-hydrogen) atoms. The maximum atomic E-state index is 12.8. The van der Waals surface area contributed by atoms with Gasteiger partial charge in [-0.25, -0.2) is 0 Å². The Balaban J connectivity index is 1.36. The van der Waals surface area contributed by atoms with Gasteiger partial charge < -0.3 is 4.90 Å². The highest BCUT2D eigenvalue weighted by atomic mass is 16.2. The van der Waals surface area contributed by atoms with Crippen molar-refractivity contribution >= 4 is 5.91 Å². The second kappa shape index (κ2) is 7.74. The number of aromatic nitrogens is 3. The third-order valence-electron chi connectivity index (χ3n) is 5.28. The van der Waals surface area contributed by atoms with Gasteiger partial charge in [0.2, 0.25) is 0 Å². The maximum absolute atomic E-state index is 12.8. The van der Waals surface area contributed by atoms with E-state index in [2.05, 4.69) is 39.4 Å². The van der Waals surface area contributed by atoms with Crippen LogP contribution in [0.15, 0.2) is 54.7 Å². The van der Waals surface area contributed by atoms with Crippen molar-refractivity contribution in [2.75, 3.05) is 13.1 Å². The number of amides is 1. The van der Waals surface area contributed by atoms with E-state index >= 15 is 0 Å². The number of benzene rings is 1. The Kier molecular flexibility index (Phi) is 5.01. The van der Waals surface area contributed by atoms with Crippen LogP contribution < -0.4 is 0 Å². The second-order valence-corrected chi connectivity index (χ2v) is 7.24. The van der Waals surface area contributed by atoms with Gasteiger partial charge in [0.1, 0.15) is 5.69 Å². The molecule has 4 rings (SSSR count). The smallest absolute Gasteiger partial charge is 0.274 e. The van der Waals surface area contributed by atoms with Gasteiger partial charge in [0.15, 0.2) is 0 Å². The van der Waals surface area contributed by atoms with Gasteiger partial charge in [0, 0.05) is 37.1 Å². The number of nitrogens with zero attached hydrogens (tertiary/aromatic N) is 3. The molecule has 0 radical (unpaired) electrons. The van der Waals surface area contributed by atoms with E-state index in [9.17, 15) is 4.79 Å². The van der Waals surface area contributed by atoms with Crippen molar-refractivity contribution < 1.29 is 4.79 Å². The van der Waals surface area contributed by atoms with Crippen molar-refractivity contribution in [2.24, 2.45) is 0 Å². The molecule has 0 saturated carbocycles. The molecule has 1 fully saturated rings. The summed E-state index contributed by atoms with van der Waals surface area (Å²) in [6, 6.07) is 16.3. The molecule has 5 heteroatoms. The van der Waals surface area contributed by atoms with Gasteiger partial charge in [0.05, 0.1) is 0 Å². The number of piperidine rings is 1. The molecule has 0 aliphatic carbocycles. The Morgan fingerprint density at radius 3 is 2.63 bits per heavy atom. The van der Waals surface area contributed by atoms with E-state index < -0.39 is 0 Å². The lowest BCUT2D eigenvalue weighted by Crippen LogP contribution is -2.38. The summed E-state index contributed by atoms with van der Waals surface area (Å²) in [6.45, 7) is 3.53. The number of H-pyrrole nitrogens is 1. The number of rotatable bonds is 4. The zero-order valence-corrected chi connectivity index (χ0v) is 15.6. The van der Waals surface area contributed by atoms with E-state index in [-0.39, 0.29) is 5.91 Å². The van der Waals surface area contributed by atoms with E-state index in [0.717, 1.165) is 43.7 Å². The topological polar surface area (TPSA) is 61.9 Å². The molecular formula is C22H24N4O. The standard InChI is InChI=1S/C22H24N4O/c1-16-7-8-19(15-23-16)18-9-11-26(12-10-18)22(27)21-14-20(24-25-21)13-17-5-3-2-4-6-17/h2-8,14-15,18H,9-13H2,1H3,(H,24,25). The molecule has 1 aromatic carbocycles. The van der Waals surface area contributed by atoms with Crippen LogP contribution in [0.3, 0.4) is 0 Å². The summed E-state index contributed by atoms with van der Waals surface area (Å²) in [6.07, 6.45) is 4.67. The summed E-state index contributed by atoms with van der Waals surface area (Å²) < 4.78 is 0. The van der Waals surface area contributed by atoms with E-state index in [4.69, 9.17) is 0 Å². The lowest BCUT2D eigenvalue weighted by molar-refractivity contribution is 0.0707. The van der Waals surface area contributed by atoms with Crippen LogP contribution in [0.5, 0.6) is 0 Å². The predicted molar refractivity (Wildman–Crippen MR) is 105 cm³/mol. The molecule has 3 aromatic rings. The highest BCUT2D eigenvalue weighted by Crippen LogP contribution is 2.28. The van der Waals surface area contributed by atoms with Crippen molar-refractivity contribution in [3.8, 4) is 0 Å². The maximum Gasteiger partial charge on any atom is 0.274 e. The fourth-order valence-corrected chi connectivity index (χ4v) is 3.68. The number of hydrogen-bond donors (Lipinski definition) is 1. The molecule has 3 heterocycles. The molecular weight excluding hydrogens is 336 g/mol. The molecule has 0 unspecified atom stereocenters. The fourth-order valence-electron chi connectivity index (χ4n) is 3.68. The molecule has 2 aromatic heterocycles. The first-order valence-electron chi connectivity index (χ1n) is 9.49. The van der Waals surface area contributed by atoms with E-state index in [1.54, 1.807) is 0 Å². The first-order chi connectivity index (χ1) is 13.2. The molecule has 138 valence electrons. The Morgan fingerprint density at radius 1 is 1.15 bits per heavy atom. The van der Waals surface area contributed by atoms with E-state index in [1.165, 1.54) is 11.1 Å². The van der Waals surface area contributed by atoms with Gasteiger partial charge in [-0.15, -0.1) is 0 Å². The number of aryl methyl sites for hydroxylation is 1. The summed E-state index contributed by atoms with van der Waals surface area (Å²) in [4.78, 5) is 19.1. The van der Waals surface area contributed by atoms with Crippen molar-refractivity contribution in [1.29, 1.82) is 0 Å². The number of likely N-dealkylation sites (tertiary alicyclic amines) is 1. The second-order valence-electron chi connectivity index (χ2n) is 7.24. The number of pyridine rings is 1. The van der Waals surface area contributed by atoms with Crippen LogP contribution in [-0.2, 0) is 6.42 Å². The summed E-state index contributed by atoms with van der Waals surface area (Å²) in [7, 11) is 0. The molecule has 1 N–H and O–H groups in total. The minimum atomic E-state index is 0.0195. The number of aromatic amines is 1. The normalized spacial score (nSPS) is 15.1. The van der Waals surface area contributed by atoms with Gasteiger partial charge >= 0.3 is 0 Å². The minimum absolute atomic E-state index is 0.0195. The minimum Gasteiger partial charge on any atom is -0.337 e. The van der Waals surface area contributed by atoms with E-state index in [1.807, 2.05) is 42.3 Å². The van der Waals surface area contributed by atoms with Crippen molar-refractivity contribution in [1.82, 2.24) is 20.1 Å². The molecule has 1 aliphatic heterocycles. The van der Waals surface area contributed by atoms with Crippen LogP contribution in [0, 0.1) is 6.92 Å². The summed E-state index contributed by atoms with van der Waals surface area (Å²) in [5, 5.41) is 7.26. The van der Waals surface area contributed by atoms with Crippen LogP contribution in [0.2, 0.25) is 0 Å². The predicted octanol–water partition coefficient (Wildman–Crippen LogP) is 3.72. The molecule has 5 nitrogen and oxygen atoms in total. The fraction of sp³-hybridized carbons (Fsp3) is 0.318. The third-order valence-corrected chi connectivity index (χ3v) is 5.28. The van der Waals surface area contributed by atoms with Crippen LogP contribution in [0.25, 0.3) is 0 Å². The molecule has 0 bridgehead atoms. The lowest BCUT2D eigenvalue weighted by atomic mass is 9.90. The molecule has 0 spiro atoms. The largest absolute Gasteiger partial charge is 0.337 e. The highest BCUT2D eigenvalue weighted by Gasteiger charge is 2.26. The SMILES string of the molecule is Cc1ccc(C2CCN(C(=O)c3cc(Cc4ccccc4)[nH]n3)CC2)cn1. The zero-order valence-electron chi connectivity index (χ0n) is 15.6. The van der Waals surface area contributed by atoms with Crippen LogP contribution in [0.1, 0.15) is 51.8 Å². The number of carbonyl (C=O) groups excluding carboxylic acids is 1. The first-order valence-corrected chi connectivity index (χ1v) is 9.49. The average molecular weight is 360 g/mol. The number of carbonyl (C=O) groups is 1. The molecule has 1 saturated heterocycles. The quantitative estimate of drug-likeness (QED) is 0.771. The Labute approximate surface area is 159 Å². The monoisotopic (exact) mass is 360 g/mol. The zero-order chi connectivity index (χ0) is 18.6. The van der Waals surface area contributed by atoms with Crippen LogP contribution >= 0.6 is 0 Å². The molecule has 1 aliphatic rings. The Hall–Kier alpha value is -2.95. The number of nitrogens with one attached hydrogen (secondary N) is 1. The molecule has 1 amide bonds. The lowest BCUT2D eigenvalue weighted by Gasteiger charge is -2.31. The highest BCUT2D eigenvalue weighted by molar-refractivity contribution is 5.92. The van der Waals surface area contributed by atoms with Gasteiger partial charge in [-0.3, -0.25) is 14.9 Å². The van der Waals surface area contributed by atoms with Gasteiger partial charge in [-0.1, -0.05) is 36.4 Å². The van der Waals surface area contributed by atoms with Gasteiger partial charge in [-0.2, -0.15) is 5.10 Å².